The first-order valence-corrected chi connectivity index (χ1v) is 7.99. The number of carbonyl (C=O) groups excluding carboxylic acids is 2. The van der Waals surface area contributed by atoms with Crippen molar-refractivity contribution in [2.24, 2.45) is 0 Å². The number of hydrogen-bond donors (Lipinski definition) is 2. The Kier molecular flexibility index (Phi) is 6.54. The largest absolute Gasteiger partial charge is 0.468 e. The van der Waals surface area contributed by atoms with Gasteiger partial charge in [0.25, 0.3) is 0 Å². The molecule has 1 atom stereocenters. The van der Waals surface area contributed by atoms with E-state index in [1.807, 2.05) is 43.3 Å². The number of furan rings is 1. The molecule has 0 spiro atoms. The number of hydrogen-bond acceptors (Lipinski definition) is 4. The third-order valence-electron chi connectivity index (χ3n) is 3.62. The Hall–Kier alpha value is -2.86. The van der Waals surface area contributed by atoms with Crippen LogP contribution in [0, 0.1) is 0 Å². The highest BCUT2D eigenvalue weighted by Gasteiger charge is 2.17. The Labute approximate surface area is 147 Å². The van der Waals surface area contributed by atoms with E-state index >= 15 is 0 Å². The van der Waals surface area contributed by atoms with Crippen molar-refractivity contribution in [2.75, 3.05) is 26.0 Å². The van der Waals surface area contributed by atoms with E-state index < -0.39 is 0 Å². The van der Waals surface area contributed by atoms with Gasteiger partial charge in [0.2, 0.25) is 11.8 Å². The predicted octanol–water partition coefficient (Wildman–Crippen LogP) is 2.67. The fourth-order valence-electron chi connectivity index (χ4n) is 2.33. The minimum Gasteiger partial charge on any atom is -0.468 e. The Morgan fingerprint density at radius 2 is 1.92 bits per heavy atom. The van der Waals surface area contributed by atoms with Crippen LogP contribution in [0.3, 0.4) is 0 Å². The van der Waals surface area contributed by atoms with E-state index in [9.17, 15) is 9.59 Å². The van der Waals surface area contributed by atoms with Gasteiger partial charge in [-0.1, -0.05) is 12.1 Å². The molecule has 0 bridgehead atoms. The lowest BCUT2D eigenvalue weighted by Crippen LogP contribution is -2.33. The van der Waals surface area contributed by atoms with Crippen LogP contribution in [0.2, 0.25) is 0 Å². The first kappa shape index (κ1) is 18.5. The van der Waals surface area contributed by atoms with E-state index in [2.05, 4.69) is 10.6 Å². The van der Waals surface area contributed by atoms with Crippen molar-refractivity contribution in [3.05, 3.63) is 60.1 Å². The van der Waals surface area contributed by atoms with Crippen LogP contribution in [0.4, 0.5) is 5.69 Å². The first-order valence-electron chi connectivity index (χ1n) is 7.99. The molecule has 0 aliphatic rings. The summed E-state index contributed by atoms with van der Waals surface area (Å²) in [5.74, 6) is 0.516. The molecule has 6 nitrogen and oxygen atoms in total. The minimum absolute atomic E-state index is 0.0238. The zero-order valence-electron chi connectivity index (χ0n) is 14.7. The van der Waals surface area contributed by atoms with Crippen molar-refractivity contribution in [3.63, 3.8) is 0 Å². The third-order valence-corrected chi connectivity index (χ3v) is 3.62. The standard InChI is InChI=1S/C19H23N3O3/c1-14(23)21-16-9-6-15(7-10-16)8-11-19(24)20-13-17(22(2)3)18-5-4-12-25-18/h4-12,17H,13H2,1-3H3,(H,20,24)(H,21,23)/b11-8+. The lowest BCUT2D eigenvalue weighted by molar-refractivity contribution is -0.116. The van der Waals surface area contributed by atoms with Gasteiger partial charge in [0.15, 0.2) is 0 Å². The molecule has 2 N–H and O–H groups in total. The highest BCUT2D eigenvalue weighted by atomic mass is 16.3. The maximum absolute atomic E-state index is 12.0. The Morgan fingerprint density at radius 3 is 2.48 bits per heavy atom. The molecule has 1 aromatic carbocycles. The van der Waals surface area contributed by atoms with E-state index in [-0.39, 0.29) is 17.9 Å². The molecule has 0 fully saturated rings. The normalized spacial score (nSPS) is 12.3. The fourth-order valence-corrected chi connectivity index (χ4v) is 2.33. The predicted molar refractivity (Wildman–Crippen MR) is 97.9 cm³/mol. The smallest absolute Gasteiger partial charge is 0.244 e. The minimum atomic E-state index is -0.177. The summed E-state index contributed by atoms with van der Waals surface area (Å²) in [6.45, 7) is 1.91. The monoisotopic (exact) mass is 341 g/mol. The molecule has 6 heteroatoms. The molecule has 0 aliphatic heterocycles. The molecule has 1 heterocycles. The zero-order chi connectivity index (χ0) is 18.2. The number of anilines is 1. The third kappa shape index (κ3) is 5.93. The fraction of sp³-hybridized carbons (Fsp3) is 0.263. The zero-order valence-corrected chi connectivity index (χ0v) is 14.7. The van der Waals surface area contributed by atoms with Crippen molar-refractivity contribution < 1.29 is 14.0 Å². The van der Waals surface area contributed by atoms with Gasteiger partial charge in [0, 0.05) is 25.2 Å². The number of likely N-dealkylation sites (N-methyl/N-ethyl adjacent to an activating group) is 1. The second kappa shape index (κ2) is 8.84. The molecule has 1 aromatic heterocycles. The summed E-state index contributed by atoms with van der Waals surface area (Å²) in [6.07, 6.45) is 4.84. The molecular formula is C19H23N3O3. The van der Waals surface area contributed by atoms with Crippen LogP contribution in [0.25, 0.3) is 6.08 Å². The summed E-state index contributed by atoms with van der Waals surface area (Å²) in [5, 5.41) is 5.57. The second-order valence-electron chi connectivity index (χ2n) is 5.88. The van der Waals surface area contributed by atoms with Gasteiger partial charge in [-0.05, 0) is 50.0 Å². The van der Waals surface area contributed by atoms with Gasteiger partial charge in [0.05, 0.1) is 12.3 Å². The van der Waals surface area contributed by atoms with Crippen LogP contribution in [0.5, 0.6) is 0 Å². The van der Waals surface area contributed by atoms with E-state index in [0.29, 0.717) is 6.54 Å². The van der Waals surface area contributed by atoms with Crippen LogP contribution in [0.15, 0.2) is 53.2 Å². The SMILES string of the molecule is CC(=O)Nc1ccc(/C=C/C(=O)NCC(c2ccco2)N(C)C)cc1. The van der Waals surface area contributed by atoms with Gasteiger partial charge in [-0.2, -0.15) is 0 Å². The summed E-state index contributed by atoms with van der Waals surface area (Å²) in [7, 11) is 3.87. The van der Waals surface area contributed by atoms with E-state index in [1.165, 1.54) is 13.0 Å². The summed E-state index contributed by atoms with van der Waals surface area (Å²) in [5.41, 5.74) is 1.60. The molecule has 2 amide bonds. The lowest BCUT2D eigenvalue weighted by Gasteiger charge is -2.22. The average Bonchev–Trinajstić information content (AvgIpc) is 3.08. The van der Waals surface area contributed by atoms with Gasteiger partial charge in [-0.3, -0.25) is 14.5 Å². The van der Waals surface area contributed by atoms with Gasteiger partial charge < -0.3 is 15.1 Å². The highest BCUT2D eigenvalue weighted by molar-refractivity contribution is 5.92. The highest BCUT2D eigenvalue weighted by Crippen LogP contribution is 2.17. The maximum Gasteiger partial charge on any atom is 0.244 e. The molecular weight excluding hydrogens is 318 g/mol. The van der Waals surface area contributed by atoms with Crippen molar-refractivity contribution in [1.29, 1.82) is 0 Å². The molecule has 0 radical (unpaired) electrons. The van der Waals surface area contributed by atoms with Crippen molar-refractivity contribution in [3.8, 4) is 0 Å². The topological polar surface area (TPSA) is 74.6 Å². The maximum atomic E-state index is 12.0. The first-order chi connectivity index (χ1) is 12.0. The van der Waals surface area contributed by atoms with Gasteiger partial charge in [0.1, 0.15) is 5.76 Å². The van der Waals surface area contributed by atoms with E-state index in [1.54, 1.807) is 24.5 Å². The van der Waals surface area contributed by atoms with Crippen LogP contribution in [-0.2, 0) is 9.59 Å². The molecule has 132 valence electrons. The number of benzene rings is 1. The number of nitrogens with zero attached hydrogens (tertiary/aromatic N) is 1. The van der Waals surface area contributed by atoms with Crippen LogP contribution < -0.4 is 10.6 Å². The van der Waals surface area contributed by atoms with Gasteiger partial charge in [-0.25, -0.2) is 0 Å². The molecule has 1 unspecified atom stereocenters. The lowest BCUT2D eigenvalue weighted by atomic mass is 10.2. The van der Waals surface area contributed by atoms with Crippen LogP contribution >= 0.6 is 0 Å². The number of rotatable bonds is 7. The van der Waals surface area contributed by atoms with E-state index in [0.717, 1.165) is 17.0 Å². The summed E-state index contributed by atoms with van der Waals surface area (Å²) < 4.78 is 5.42. The molecule has 0 saturated heterocycles. The van der Waals surface area contributed by atoms with Gasteiger partial charge in [-0.15, -0.1) is 0 Å². The molecule has 0 aliphatic carbocycles. The number of nitrogens with one attached hydrogen (secondary N) is 2. The van der Waals surface area contributed by atoms with Crippen molar-refractivity contribution in [2.45, 2.75) is 13.0 Å². The summed E-state index contributed by atoms with van der Waals surface area (Å²) >= 11 is 0. The van der Waals surface area contributed by atoms with Crippen molar-refractivity contribution >= 4 is 23.6 Å². The Bertz CT molecular complexity index is 719. The van der Waals surface area contributed by atoms with E-state index in [4.69, 9.17) is 4.42 Å². The molecule has 25 heavy (non-hydrogen) atoms. The summed E-state index contributed by atoms with van der Waals surface area (Å²) in [6, 6.07) is 10.9. The molecule has 2 rings (SSSR count). The average molecular weight is 341 g/mol. The molecule has 2 aromatic rings. The second-order valence-corrected chi connectivity index (χ2v) is 5.88. The van der Waals surface area contributed by atoms with Crippen LogP contribution in [-0.4, -0.2) is 37.4 Å². The quantitative estimate of drug-likeness (QED) is 0.759. The Balaban J connectivity index is 1.88. The van der Waals surface area contributed by atoms with Crippen LogP contribution in [0.1, 0.15) is 24.3 Å². The molecule has 0 saturated carbocycles. The Morgan fingerprint density at radius 1 is 1.20 bits per heavy atom. The number of carbonyl (C=O) groups is 2. The number of amides is 2. The van der Waals surface area contributed by atoms with Gasteiger partial charge >= 0.3 is 0 Å². The van der Waals surface area contributed by atoms with Crippen molar-refractivity contribution in [1.82, 2.24) is 10.2 Å². The summed E-state index contributed by atoms with van der Waals surface area (Å²) in [4.78, 5) is 25.0.